The maximum Gasteiger partial charge on any atom is 0.236 e. The van der Waals surface area contributed by atoms with Crippen LogP contribution in [0.25, 0.3) is 0 Å². The van der Waals surface area contributed by atoms with Crippen molar-refractivity contribution >= 4 is 5.91 Å². The fourth-order valence-corrected chi connectivity index (χ4v) is 3.26. The molecular formula is C16H27N3O2. The smallest absolute Gasteiger partial charge is 0.236 e. The van der Waals surface area contributed by atoms with E-state index in [0.717, 1.165) is 25.3 Å². The van der Waals surface area contributed by atoms with E-state index in [9.17, 15) is 4.79 Å². The van der Waals surface area contributed by atoms with E-state index in [-0.39, 0.29) is 5.91 Å². The van der Waals surface area contributed by atoms with E-state index in [1.807, 2.05) is 19.2 Å². The third-order valence-corrected chi connectivity index (χ3v) is 4.53. The highest BCUT2D eigenvalue weighted by atomic mass is 16.3. The third-order valence-electron chi connectivity index (χ3n) is 4.53. The van der Waals surface area contributed by atoms with Gasteiger partial charge in [0.2, 0.25) is 5.91 Å². The molecule has 1 heterocycles. The van der Waals surface area contributed by atoms with Gasteiger partial charge in [-0.15, -0.1) is 0 Å². The molecule has 1 amide bonds. The molecule has 2 rings (SSSR count). The Morgan fingerprint density at radius 2 is 2.29 bits per heavy atom. The number of nitrogens with two attached hydrogens (primary N) is 1. The second kappa shape index (κ2) is 7.61. The first-order valence-corrected chi connectivity index (χ1v) is 7.86. The minimum atomic E-state index is 0.135. The van der Waals surface area contributed by atoms with Gasteiger partial charge in [-0.25, -0.2) is 0 Å². The van der Waals surface area contributed by atoms with Gasteiger partial charge in [0.1, 0.15) is 5.76 Å². The third kappa shape index (κ3) is 4.08. The van der Waals surface area contributed by atoms with E-state index in [1.165, 1.54) is 12.8 Å². The number of hydrogen-bond donors (Lipinski definition) is 1. The number of amides is 1. The number of rotatable bonds is 7. The van der Waals surface area contributed by atoms with Crippen molar-refractivity contribution in [1.29, 1.82) is 0 Å². The number of furan rings is 1. The highest BCUT2D eigenvalue weighted by Gasteiger charge is 2.31. The van der Waals surface area contributed by atoms with Crippen LogP contribution in [0.4, 0.5) is 0 Å². The summed E-state index contributed by atoms with van der Waals surface area (Å²) in [5.41, 5.74) is 5.86. The van der Waals surface area contributed by atoms with Crippen LogP contribution in [0.2, 0.25) is 0 Å². The van der Waals surface area contributed by atoms with Crippen molar-refractivity contribution in [1.82, 2.24) is 9.80 Å². The number of nitrogens with zero attached hydrogens (tertiary/aromatic N) is 2. The molecule has 1 aliphatic carbocycles. The Morgan fingerprint density at radius 3 is 2.90 bits per heavy atom. The summed E-state index contributed by atoms with van der Waals surface area (Å²) >= 11 is 0. The van der Waals surface area contributed by atoms with Gasteiger partial charge in [-0.05, 0) is 44.0 Å². The molecule has 2 N–H and O–H groups in total. The predicted octanol–water partition coefficient (Wildman–Crippen LogP) is 1.69. The average Bonchev–Trinajstić information content (AvgIpc) is 3.15. The van der Waals surface area contributed by atoms with Crippen LogP contribution in [-0.2, 0) is 11.3 Å². The minimum absolute atomic E-state index is 0.135. The number of likely N-dealkylation sites (N-methyl/N-ethyl adjacent to an activating group) is 2. The van der Waals surface area contributed by atoms with E-state index in [0.29, 0.717) is 25.0 Å². The topological polar surface area (TPSA) is 62.7 Å². The number of carbonyl (C=O) groups excluding carboxylic acids is 1. The van der Waals surface area contributed by atoms with Gasteiger partial charge in [0.05, 0.1) is 19.4 Å². The van der Waals surface area contributed by atoms with Gasteiger partial charge in [0.15, 0.2) is 0 Å². The van der Waals surface area contributed by atoms with Crippen molar-refractivity contribution in [3.63, 3.8) is 0 Å². The normalized spacial score (nSPS) is 21.9. The lowest BCUT2D eigenvalue weighted by atomic mass is 10.0. The van der Waals surface area contributed by atoms with Crippen LogP contribution < -0.4 is 5.73 Å². The van der Waals surface area contributed by atoms with Crippen molar-refractivity contribution in [2.75, 3.05) is 26.7 Å². The van der Waals surface area contributed by atoms with Crippen LogP contribution in [0.15, 0.2) is 22.8 Å². The molecule has 2 atom stereocenters. The van der Waals surface area contributed by atoms with E-state index in [4.69, 9.17) is 10.2 Å². The number of carbonyl (C=O) groups is 1. The number of hydrogen-bond acceptors (Lipinski definition) is 4. The van der Waals surface area contributed by atoms with Crippen molar-refractivity contribution in [2.24, 2.45) is 11.7 Å². The van der Waals surface area contributed by atoms with Gasteiger partial charge in [0, 0.05) is 13.1 Å². The largest absolute Gasteiger partial charge is 0.467 e. The predicted molar refractivity (Wildman–Crippen MR) is 82.6 cm³/mol. The van der Waals surface area contributed by atoms with E-state index in [1.54, 1.807) is 11.2 Å². The molecule has 2 unspecified atom stereocenters. The molecule has 1 aromatic heterocycles. The van der Waals surface area contributed by atoms with Crippen LogP contribution in [0, 0.1) is 5.92 Å². The Bertz CT molecular complexity index is 433. The molecule has 0 spiro atoms. The molecule has 118 valence electrons. The van der Waals surface area contributed by atoms with Crippen molar-refractivity contribution < 1.29 is 9.21 Å². The quantitative estimate of drug-likeness (QED) is 0.831. The molecule has 0 radical (unpaired) electrons. The van der Waals surface area contributed by atoms with Crippen LogP contribution in [-0.4, -0.2) is 48.4 Å². The van der Waals surface area contributed by atoms with Crippen molar-refractivity contribution in [3.05, 3.63) is 24.2 Å². The van der Waals surface area contributed by atoms with Gasteiger partial charge in [-0.2, -0.15) is 0 Å². The van der Waals surface area contributed by atoms with Gasteiger partial charge in [-0.3, -0.25) is 9.69 Å². The molecule has 0 aliphatic heterocycles. The van der Waals surface area contributed by atoms with E-state index in [2.05, 4.69) is 11.8 Å². The molecule has 5 heteroatoms. The Balaban J connectivity index is 1.89. The van der Waals surface area contributed by atoms with Gasteiger partial charge < -0.3 is 15.1 Å². The summed E-state index contributed by atoms with van der Waals surface area (Å²) in [5.74, 6) is 1.48. The van der Waals surface area contributed by atoms with E-state index >= 15 is 0 Å². The lowest BCUT2D eigenvalue weighted by molar-refractivity contribution is -0.132. The fraction of sp³-hybridized carbons (Fsp3) is 0.688. The van der Waals surface area contributed by atoms with Crippen LogP contribution in [0.3, 0.4) is 0 Å². The van der Waals surface area contributed by atoms with Gasteiger partial charge >= 0.3 is 0 Å². The Morgan fingerprint density at radius 1 is 1.48 bits per heavy atom. The monoisotopic (exact) mass is 293 g/mol. The molecule has 1 aromatic rings. The van der Waals surface area contributed by atoms with E-state index < -0.39 is 0 Å². The zero-order valence-electron chi connectivity index (χ0n) is 13.1. The zero-order chi connectivity index (χ0) is 15.2. The SMILES string of the molecule is CCN(CC(=O)N(C)Cc1ccco1)C1CCCC1CN. The molecule has 0 aromatic carbocycles. The Hall–Kier alpha value is -1.33. The summed E-state index contributed by atoms with van der Waals surface area (Å²) in [6.45, 7) is 4.72. The summed E-state index contributed by atoms with van der Waals surface area (Å²) in [4.78, 5) is 16.4. The van der Waals surface area contributed by atoms with Crippen LogP contribution in [0.5, 0.6) is 0 Å². The van der Waals surface area contributed by atoms with Crippen molar-refractivity contribution in [2.45, 2.75) is 38.8 Å². The Kier molecular flexibility index (Phi) is 5.82. The van der Waals surface area contributed by atoms with Crippen LogP contribution in [0.1, 0.15) is 31.9 Å². The summed E-state index contributed by atoms with van der Waals surface area (Å²) in [6.07, 6.45) is 5.20. The average molecular weight is 293 g/mol. The molecule has 1 saturated carbocycles. The standard InChI is InChI=1S/C16H27N3O2/c1-3-19(15-8-4-6-13(15)10-17)12-16(20)18(2)11-14-7-5-9-21-14/h5,7,9,13,15H,3-4,6,8,10-12,17H2,1-2H3. The molecule has 21 heavy (non-hydrogen) atoms. The molecule has 0 bridgehead atoms. The first-order chi connectivity index (χ1) is 10.2. The molecule has 0 saturated heterocycles. The summed E-state index contributed by atoms with van der Waals surface area (Å²) < 4.78 is 5.30. The first-order valence-electron chi connectivity index (χ1n) is 7.86. The maximum atomic E-state index is 12.4. The second-order valence-corrected chi connectivity index (χ2v) is 5.89. The minimum Gasteiger partial charge on any atom is -0.467 e. The lowest BCUT2D eigenvalue weighted by Gasteiger charge is -2.32. The summed E-state index contributed by atoms with van der Waals surface area (Å²) in [7, 11) is 1.83. The second-order valence-electron chi connectivity index (χ2n) is 5.89. The summed E-state index contributed by atoms with van der Waals surface area (Å²) in [5, 5.41) is 0. The Labute approximate surface area is 127 Å². The first kappa shape index (κ1) is 16.0. The fourth-order valence-electron chi connectivity index (χ4n) is 3.26. The maximum absolute atomic E-state index is 12.4. The zero-order valence-corrected chi connectivity index (χ0v) is 13.1. The molecule has 1 fully saturated rings. The molecule has 1 aliphatic rings. The summed E-state index contributed by atoms with van der Waals surface area (Å²) in [6, 6.07) is 4.19. The highest BCUT2D eigenvalue weighted by molar-refractivity contribution is 5.78. The highest BCUT2D eigenvalue weighted by Crippen LogP contribution is 2.29. The van der Waals surface area contributed by atoms with Gasteiger partial charge in [-0.1, -0.05) is 13.3 Å². The molecular weight excluding hydrogens is 266 g/mol. The van der Waals surface area contributed by atoms with Crippen LogP contribution >= 0.6 is 0 Å². The lowest BCUT2D eigenvalue weighted by Crippen LogP contribution is -2.46. The van der Waals surface area contributed by atoms with Crippen molar-refractivity contribution in [3.8, 4) is 0 Å². The molecule has 5 nitrogen and oxygen atoms in total. The van der Waals surface area contributed by atoms with Gasteiger partial charge in [0.25, 0.3) is 0 Å².